The summed E-state index contributed by atoms with van der Waals surface area (Å²) >= 11 is 0. The lowest BCUT2D eigenvalue weighted by Crippen LogP contribution is -2.56. The molecule has 108 valence electrons. The third kappa shape index (κ3) is 2.11. The first-order valence-electron chi connectivity index (χ1n) is 5.65. The van der Waals surface area contributed by atoms with Crippen molar-refractivity contribution in [3.8, 4) is 0 Å². The molecule has 1 saturated heterocycles. The molecular weight excluding hydrogens is 272 g/mol. The van der Waals surface area contributed by atoms with Crippen LogP contribution in [0.5, 0.6) is 0 Å². The van der Waals surface area contributed by atoms with E-state index in [-0.39, 0.29) is 6.61 Å². The zero-order valence-corrected chi connectivity index (χ0v) is 10.7. The van der Waals surface area contributed by atoms with E-state index in [1.807, 2.05) is 0 Å². The fraction of sp³-hybridized carbons (Fsp3) is 0.455. The Morgan fingerprint density at radius 1 is 1.50 bits per heavy atom. The zero-order valence-electron chi connectivity index (χ0n) is 10.7. The molecule has 0 bridgehead atoms. The minimum Gasteiger partial charge on any atom is -0.464 e. The van der Waals surface area contributed by atoms with Gasteiger partial charge in [0.1, 0.15) is 12.6 Å². The van der Waals surface area contributed by atoms with Crippen LogP contribution in [-0.2, 0) is 33.5 Å². The van der Waals surface area contributed by atoms with Gasteiger partial charge in [-0.2, -0.15) is 5.06 Å². The highest BCUT2D eigenvalue weighted by Crippen LogP contribution is 2.30. The highest BCUT2D eigenvalue weighted by atomic mass is 16.7. The number of methoxy groups -OCH3 is 1. The summed E-state index contributed by atoms with van der Waals surface area (Å²) in [5.41, 5.74) is -2.09. The third-order valence-corrected chi connectivity index (χ3v) is 2.73. The highest BCUT2D eigenvalue weighted by Gasteiger charge is 2.57. The van der Waals surface area contributed by atoms with Crippen molar-refractivity contribution in [1.29, 1.82) is 0 Å². The monoisotopic (exact) mass is 284 g/mol. The number of hydrogen-bond acceptors (Lipinski definition) is 7. The number of rotatable bonds is 3. The molecule has 20 heavy (non-hydrogen) atoms. The van der Waals surface area contributed by atoms with Crippen molar-refractivity contribution < 1.29 is 33.5 Å². The SMILES string of the molecule is COC(=O)C1(N2OC[C@@H](NC(C)=O)C2=O)C=CC(=O)O1. The summed E-state index contributed by atoms with van der Waals surface area (Å²) < 4.78 is 9.39. The number of hydrogen-bond donors (Lipinski definition) is 1. The molecule has 2 amide bonds. The lowest BCUT2D eigenvalue weighted by molar-refractivity contribution is -0.247. The number of nitrogens with one attached hydrogen (secondary N) is 1. The molecule has 2 aliphatic heterocycles. The van der Waals surface area contributed by atoms with Crippen LogP contribution >= 0.6 is 0 Å². The van der Waals surface area contributed by atoms with Gasteiger partial charge in [-0.3, -0.25) is 14.4 Å². The molecule has 0 spiro atoms. The van der Waals surface area contributed by atoms with Gasteiger partial charge in [-0.25, -0.2) is 9.59 Å². The van der Waals surface area contributed by atoms with E-state index in [0.29, 0.717) is 5.06 Å². The number of carbonyl (C=O) groups is 4. The average molecular weight is 284 g/mol. The van der Waals surface area contributed by atoms with Gasteiger partial charge < -0.3 is 14.8 Å². The van der Waals surface area contributed by atoms with Gasteiger partial charge in [0.25, 0.3) is 5.91 Å². The second kappa shape index (κ2) is 4.93. The second-order valence-corrected chi connectivity index (χ2v) is 4.12. The molecule has 2 heterocycles. The van der Waals surface area contributed by atoms with Gasteiger partial charge >= 0.3 is 17.7 Å². The third-order valence-electron chi connectivity index (χ3n) is 2.73. The maximum atomic E-state index is 12.1. The van der Waals surface area contributed by atoms with Crippen LogP contribution in [0.1, 0.15) is 6.92 Å². The van der Waals surface area contributed by atoms with E-state index in [4.69, 9.17) is 9.57 Å². The molecule has 9 heteroatoms. The topological polar surface area (TPSA) is 111 Å². The maximum Gasteiger partial charge on any atom is 0.379 e. The molecule has 2 aliphatic rings. The van der Waals surface area contributed by atoms with Gasteiger partial charge in [-0.15, -0.1) is 0 Å². The van der Waals surface area contributed by atoms with Crippen LogP contribution in [0, 0.1) is 0 Å². The molecule has 2 rings (SSSR count). The standard InChI is InChI=1S/C11H12N2O7/c1-6(14)12-7-5-19-13(9(7)16)11(10(17)18-2)4-3-8(15)20-11/h3-4,7H,5H2,1-2H3,(H,12,14)/t7-,11?/m1/s1. The van der Waals surface area contributed by atoms with E-state index in [2.05, 4.69) is 10.1 Å². The van der Waals surface area contributed by atoms with E-state index in [1.54, 1.807) is 0 Å². The molecule has 1 unspecified atom stereocenters. The van der Waals surface area contributed by atoms with Gasteiger partial charge in [0.2, 0.25) is 5.91 Å². The number of cyclic esters (lactones) is 1. The predicted octanol–water partition coefficient (Wildman–Crippen LogP) is -1.75. The number of carbonyl (C=O) groups excluding carboxylic acids is 4. The van der Waals surface area contributed by atoms with Crippen molar-refractivity contribution in [1.82, 2.24) is 10.4 Å². The Morgan fingerprint density at radius 3 is 2.70 bits per heavy atom. The van der Waals surface area contributed by atoms with Crippen molar-refractivity contribution in [2.45, 2.75) is 18.7 Å². The molecule has 0 aliphatic carbocycles. The summed E-state index contributed by atoms with van der Waals surface area (Å²) in [5, 5.41) is 2.96. The van der Waals surface area contributed by atoms with Crippen molar-refractivity contribution >= 4 is 23.8 Å². The highest BCUT2D eigenvalue weighted by molar-refractivity contribution is 5.98. The molecule has 9 nitrogen and oxygen atoms in total. The Balaban J connectivity index is 2.26. The van der Waals surface area contributed by atoms with Crippen molar-refractivity contribution in [2.75, 3.05) is 13.7 Å². The van der Waals surface area contributed by atoms with Gasteiger partial charge in [-0.1, -0.05) is 0 Å². The molecule has 2 atom stereocenters. The summed E-state index contributed by atoms with van der Waals surface area (Å²) in [6.45, 7) is 1.06. The van der Waals surface area contributed by atoms with E-state index < -0.39 is 35.5 Å². The smallest absolute Gasteiger partial charge is 0.379 e. The first kappa shape index (κ1) is 14.0. The van der Waals surface area contributed by atoms with E-state index in [1.165, 1.54) is 6.92 Å². The van der Waals surface area contributed by atoms with Crippen molar-refractivity contribution in [2.24, 2.45) is 0 Å². The number of esters is 2. The number of ether oxygens (including phenoxy) is 2. The lowest BCUT2D eigenvalue weighted by atomic mass is 10.2. The molecule has 0 saturated carbocycles. The van der Waals surface area contributed by atoms with Crippen molar-refractivity contribution in [3.05, 3.63) is 12.2 Å². The Kier molecular flexibility index (Phi) is 3.45. The van der Waals surface area contributed by atoms with Crippen LogP contribution in [-0.4, -0.2) is 54.3 Å². The summed E-state index contributed by atoms with van der Waals surface area (Å²) in [6.07, 6.45) is 2.05. The molecular formula is C11H12N2O7. The Morgan fingerprint density at radius 2 is 2.20 bits per heavy atom. The fourth-order valence-corrected chi connectivity index (χ4v) is 1.88. The van der Waals surface area contributed by atoms with E-state index in [9.17, 15) is 19.2 Å². The maximum absolute atomic E-state index is 12.1. The van der Waals surface area contributed by atoms with Gasteiger partial charge in [-0.05, 0) is 0 Å². The summed E-state index contributed by atoms with van der Waals surface area (Å²) in [4.78, 5) is 51.2. The summed E-state index contributed by atoms with van der Waals surface area (Å²) in [6, 6.07) is -0.957. The fourth-order valence-electron chi connectivity index (χ4n) is 1.88. The Bertz CT molecular complexity index is 515. The van der Waals surface area contributed by atoms with Gasteiger partial charge in [0.15, 0.2) is 0 Å². The number of hydroxylamine groups is 2. The quantitative estimate of drug-likeness (QED) is 0.611. The summed E-state index contributed by atoms with van der Waals surface area (Å²) in [5.74, 6) is -2.95. The van der Waals surface area contributed by atoms with Crippen LogP contribution in [0.3, 0.4) is 0 Å². The van der Waals surface area contributed by atoms with Gasteiger partial charge in [0, 0.05) is 19.1 Å². The molecule has 0 aromatic heterocycles. The van der Waals surface area contributed by atoms with Crippen LogP contribution in [0.4, 0.5) is 0 Å². The van der Waals surface area contributed by atoms with Crippen LogP contribution < -0.4 is 5.32 Å². The van der Waals surface area contributed by atoms with E-state index >= 15 is 0 Å². The molecule has 0 aromatic carbocycles. The van der Waals surface area contributed by atoms with Gasteiger partial charge in [0.05, 0.1) is 7.11 Å². The van der Waals surface area contributed by atoms with E-state index in [0.717, 1.165) is 19.3 Å². The minimum absolute atomic E-state index is 0.178. The number of amides is 2. The largest absolute Gasteiger partial charge is 0.464 e. The number of nitrogens with zero attached hydrogens (tertiary/aromatic N) is 1. The first-order valence-corrected chi connectivity index (χ1v) is 5.65. The van der Waals surface area contributed by atoms with Crippen LogP contribution in [0.15, 0.2) is 12.2 Å². The molecule has 1 fully saturated rings. The summed E-state index contributed by atoms with van der Waals surface area (Å²) in [7, 11) is 1.08. The predicted molar refractivity (Wildman–Crippen MR) is 60.4 cm³/mol. The molecule has 0 aromatic rings. The lowest BCUT2D eigenvalue weighted by Gasteiger charge is -2.30. The second-order valence-electron chi connectivity index (χ2n) is 4.12. The minimum atomic E-state index is -2.09. The normalized spacial score (nSPS) is 28.5. The van der Waals surface area contributed by atoms with Crippen LogP contribution in [0.2, 0.25) is 0 Å². The van der Waals surface area contributed by atoms with Crippen LogP contribution in [0.25, 0.3) is 0 Å². The average Bonchev–Trinajstić information content (AvgIpc) is 2.94. The Hall–Kier alpha value is -2.42. The molecule has 1 N–H and O–H groups in total. The van der Waals surface area contributed by atoms with Crippen molar-refractivity contribution in [3.63, 3.8) is 0 Å². The molecule has 0 radical (unpaired) electrons. The Labute approximate surface area is 113 Å². The first-order chi connectivity index (χ1) is 9.40. The zero-order chi connectivity index (χ0) is 14.9.